The molecule has 0 saturated carbocycles. The van der Waals surface area contributed by atoms with Crippen LogP contribution in [0, 0.1) is 5.92 Å². The van der Waals surface area contributed by atoms with Crippen molar-refractivity contribution in [3.8, 4) is 0 Å². The van der Waals surface area contributed by atoms with E-state index in [0.29, 0.717) is 69.4 Å². The Morgan fingerprint density at radius 2 is 1.71 bits per heavy atom. The molecule has 2 heterocycles. The number of carbonyl (C=O) groups excluding carboxylic acids is 2. The van der Waals surface area contributed by atoms with Gasteiger partial charge in [0.2, 0.25) is 5.95 Å². The van der Waals surface area contributed by atoms with Crippen LogP contribution in [-0.2, 0) is 25.5 Å². The number of H-pyrrole nitrogens is 1. The Kier molecular flexibility index (Phi) is 10.3. The Morgan fingerprint density at radius 1 is 1.03 bits per heavy atom. The maximum absolute atomic E-state index is 12.5. The number of ether oxygens (including phenoxy) is 4. The Morgan fingerprint density at radius 3 is 2.40 bits per heavy atom. The highest BCUT2D eigenvalue weighted by atomic mass is 16.6. The number of aromatic nitrogens is 5. The number of imidazole rings is 1. The van der Waals surface area contributed by atoms with Crippen LogP contribution in [0.25, 0.3) is 11.0 Å². The lowest BCUT2D eigenvalue weighted by molar-refractivity contribution is 0.00244. The van der Waals surface area contributed by atoms with Crippen LogP contribution in [0.4, 0.5) is 5.95 Å². The third kappa shape index (κ3) is 8.21. The first-order valence-electron chi connectivity index (χ1n) is 11.5. The van der Waals surface area contributed by atoms with Crippen LogP contribution in [0.1, 0.15) is 34.7 Å². The van der Waals surface area contributed by atoms with Crippen molar-refractivity contribution in [2.75, 3.05) is 58.7 Å². The van der Waals surface area contributed by atoms with Crippen LogP contribution in [-0.4, -0.2) is 90.0 Å². The molecule has 0 unspecified atom stereocenters. The molecule has 0 spiro atoms. The number of benzene rings is 1. The molecule has 12 heteroatoms. The van der Waals surface area contributed by atoms with E-state index in [-0.39, 0.29) is 23.3 Å². The summed E-state index contributed by atoms with van der Waals surface area (Å²) in [5.74, 6) is -0.253. The Hall–Kier alpha value is -3.19. The van der Waals surface area contributed by atoms with Gasteiger partial charge in [-0.25, -0.2) is 9.67 Å². The third-order valence-corrected chi connectivity index (χ3v) is 4.94. The van der Waals surface area contributed by atoms with E-state index in [1.54, 1.807) is 25.3 Å². The van der Waals surface area contributed by atoms with E-state index in [9.17, 15) is 9.59 Å². The number of hydrogen-bond donors (Lipinski definition) is 2. The van der Waals surface area contributed by atoms with Gasteiger partial charge in [-0.3, -0.25) is 14.9 Å². The normalized spacial score (nSPS) is 11.4. The molecule has 0 aliphatic rings. The van der Waals surface area contributed by atoms with Gasteiger partial charge in [-0.05, 0) is 18.2 Å². The van der Waals surface area contributed by atoms with Crippen LogP contribution in [0.5, 0.6) is 0 Å². The molecule has 0 aliphatic heterocycles. The minimum atomic E-state index is -0.448. The highest BCUT2D eigenvalue weighted by molar-refractivity contribution is 6.03. The summed E-state index contributed by atoms with van der Waals surface area (Å²) in [6.07, 6.45) is 1.54. The van der Waals surface area contributed by atoms with E-state index < -0.39 is 5.91 Å². The second-order valence-electron chi connectivity index (χ2n) is 7.99. The average molecular weight is 489 g/mol. The van der Waals surface area contributed by atoms with Crippen molar-refractivity contribution in [3.05, 3.63) is 35.7 Å². The van der Waals surface area contributed by atoms with E-state index in [4.69, 9.17) is 18.9 Å². The summed E-state index contributed by atoms with van der Waals surface area (Å²) in [6, 6.07) is 5.22. The molecule has 0 bridgehead atoms. The minimum absolute atomic E-state index is 0.0388. The van der Waals surface area contributed by atoms with Crippen molar-refractivity contribution in [2.45, 2.75) is 20.4 Å². The molecule has 2 N–H and O–H groups in total. The number of nitrogens with zero attached hydrogens (tertiary/aromatic N) is 4. The predicted molar refractivity (Wildman–Crippen MR) is 128 cm³/mol. The van der Waals surface area contributed by atoms with E-state index in [0.717, 1.165) is 0 Å². The van der Waals surface area contributed by atoms with Crippen LogP contribution in [0.15, 0.2) is 24.4 Å². The van der Waals surface area contributed by atoms with Crippen molar-refractivity contribution in [3.63, 3.8) is 0 Å². The molecule has 190 valence electrons. The summed E-state index contributed by atoms with van der Waals surface area (Å²) in [5.41, 5.74) is 2.04. The van der Waals surface area contributed by atoms with Crippen molar-refractivity contribution < 1.29 is 28.5 Å². The SMILES string of the molecule is COCCOCCOCCOCCn1cc(C(=O)Nc2nc3cc(C(=O)C(C)C)ccc3[nH]2)nn1. The van der Waals surface area contributed by atoms with Gasteiger partial charge in [0.1, 0.15) is 0 Å². The third-order valence-electron chi connectivity index (χ3n) is 4.94. The maximum atomic E-state index is 12.5. The fourth-order valence-corrected chi connectivity index (χ4v) is 3.08. The molecular weight excluding hydrogens is 456 g/mol. The number of nitrogens with one attached hydrogen (secondary N) is 2. The summed E-state index contributed by atoms with van der Waals surface area (Å²) in [6.45, 7) is 7.57. The van der Waals surface area contributed by atoms with Gasteiger partial charge in [-0.15, -0.1) is 5.10 Å². The number of hydrogen-bond acceptors (Lipinski definition) is 9. The number of ketones is 1. The second kappa shape index (κ2) is 13.6. The number of Topliss-reactive ketones (excluding diaryl/α,β-unsaturated/α-hetero) is 1. The smallest absolute Gasteiger partial charge is 0.280 e. The molecule has 2 aromatic heterocycles. The molecular formula is C23H32N6O6. The molecule has 35 heavy (non-hydrogen) atoms. The first kappa shape index (κ1) is 26.4. The quantitative estimate of drug-likeness (QED) is 0.228. The molecule has 0 radical (unpaired) electrons. The topological polar surface area (TPSA) is 142 Å². The van der Waals surface area contributed by atoms with Crippen LogP contribution in [0.3, 0.4) is 0 Å². The zero-order valence-corrected chi connectivity index (χ0v) is 20.3. The summed E-state index contributed by atoms with van der Waals surface area (Å²) in [4.78, 5) is 32.1. The number of amides is 1. The number of fused-ring (bicyclic) bond motifs is 1. The minimum Gasteiger partial charge on any atom is -0.382 e. The van der Waals surface area contributed by atoms with E-state index >= 15 is 0 Å². The largest absolute Gasteiger partial charge is 0.382 e. The van der Waals surface area contributed by atoms with E-state index in [1.165, 1.54) is 10.9 Å². The first-order chi connectivity index (χ1) is 17.0. The van der Waals surface area contributed by atoms with Crippen molar-refractivity contribution in [2.24, 2.45) is 5.92 Å². The lowest BCUT2D eigenvalue weighted by Gasteiger charge is -2.06. The summed E-state index contributed by atoms with van der Waals surface area (Å²) in [5, 5.41) is 10.5. The second-order valence-corrected chi connectivity index (χ2v) is 7.99. The number of rotatable bonds is 16. The molecule has 0 atom stereocenters. The lowest BCUT2D eigenvalue weighted by Crippen LogP contribution is -2.14. The van der Waals surface area contributed by atoms with Gasteiger partial charge in [0.25, 0.3) is 5.91 Å². The number of aromatic amines is 1. The van der Waals surface area contributed by atoms with Gasteiger partial charge < -0.3 is 23.9 Å². The first-order valence-corrected chi connectivity index (χ1v) is 11.5. The molecule has 0 fully saturated rings. The zero-order chi connectivity index (χ0) is 25.0. The van der Waals surface area contributed by atoms with Crippen LogP contribution >= 0.6 is 0 Å². The Balaban J connectivity index is 1.38. The maximum Gasteiger partial charge on any atom is 0.280 e. The molecule has 3 aromatic rings. The molecule has 0 aliphatic carbocycles. The van der Waals surface area contributed by atoms with Crippen molar-refractivity contribution >= 4 is 28.7 Å². The standard InChI is InChI=1S/C23H32N6O6/c1-16(2)21(30)17-4-5-18-19(14-17)25-23(24-18)26-22(31)20-15-29(28-27-20)6-7-33-10-11-35-13-12-34-9-8-32-3/h4-5,14-16H,6-13H2,1-3H3,(H2,24,25,26,31). The molecule has 0 saturated heterocycles. The van der Waals surface area contributed by atoms with Crippen LogP contribution in [0.2, 0.25) is 0 Å². The predicted octanol–water partition coefficient (Wildman–Crippen LogP) is 1.94. The highest BCUT2D eigenvalue weighted by Crippen LogP contribution is 2.18. The van der Waals surface area contributed by atoms with Gasteiger partial charge in [-0.1, -0.05) is 19.1 Å². The molecule has 1 aromatic carbocycles. The summed E-state index contributed by atoms with van der Waals surface area (Å²) < 4.78 is 22.6. The van der Waals surface area contributed by atoms with E-state index in [2.05, 4.69) is 25.6 Å². The number of methoxy groups -OCH3 is 1. The van der Waals surface area contributed by atoms with Gasteiger partial charge in [0.15, 0.2) is 11.5 Å². The molecule has 3 rings (SSSR count). The molecule has 12 nitrogen and oxygen atoms in total. The molecule has 1 amide bonds. The average Bonchev–Trinajstić information content (AvgIpc) is 3.48. The van der Waals surface area contributed by atoms with Gasteiger partial charge in [0, 0.05) is 18.6 Å². The fourth-order valence-electron chi connectivity index (χ4n) is 3.08. The number of anilines is 1. The van der Waals surface area contributed by atoms with Crippen LogP contribution < -0.4 is 5.32 Å². The zero-order valence-electron chi connectivity index (χ0n) is 20.3. The monoisotopic (exact) mass is 488 g/mol. The van der Waals surface area contributed by atoms with E-state index in [1.807, 2.05) is 13.8 Å². The summed E-state index contributed by atoms with van der Waals surface area (Å²) in [7, 11) is 1.63. The van der Waals surface area contributed by atoms with Crippen molar-refractivity contribution in [1.82, 2.24) is 25.0 Å². The fraction of sp³-hybridized carbons (Fsp3) is 0.522. The Labute approximate surface area is 203 Å². The lowest BCUT2D eigenvalue weighted by atomic mass is 10.0. The highest BCUT2D eigenvalue weighted by Gasteiger charge is 2.15. The Bertz CT molecular complexity index is 1100. The number of carbonyl (C=O) groups is 2. The van der Waals surface area contributed by atoms with Gasteiger partial charge >= 0.3 is 0 Å². The van der Waals surface area contributed by atoms with Gasteiger partial charge in [0.05, 0.1) is 70.0 Å². The van der Waals surface area contributed by atoms with Crippen molar-refractivity contribution in [1.29, 1.82) is 0 Å². The van der Waals surface area contributed by atoms with Gasteiger partial charge in [-0.2, -0.15) is 0 Å². The summed E-state index contributed by atoms with van der Waals surface area (Å²) >= 11 is 0.